The smallest absolute Gasteiger partial charge is 0.230 e. The number of pyridine rings is 1. The Morgan fingerprint density at radius 3 is 3.00 bits per heavy atom. The summed E-state index contributed by atoms with van der Waals surface area (Å²) in [6.45, 7) is 0.573. The molecule has 3 nitrogen and oxygen atoms in total. The van der Waals surface area contributed by atoms with E-state index in [0.717, 1.165) is 16.8 Å². The maximum atomic E-state index is 11.9. The first-order chi connectivity index (χ1) is 10.8. The van der Waals surface area contributed by atoms with Gasteiger partial charge in [-0.05, 0) is 42.0 Å². The van der Waals surface area contributed by atoms with Gasteiger partial charge >= 0.3 is 0 Å². The number of amides is 1. The average Bonchev–Trinajstić information content (AvgIpc) is 3.24. The van der Waals surface area contributed by atoms with E-state index in [2.05, 4.69) is 21.7 Å². The first kappa shape index (κ1) is 15.6. The number of carbonyl (C=O) groups excluding carboxylic acids is 1. The van der Waals surface area contributed by atoms with Gasteiger partial charge in [-0.15, -0.1) is 11.8 Å². The van der Waals surface area contributed by atoms with Crippen LogP contribution in [0.4, 0.5) is 0 Å². The highest BCUT2D eigenvalue weighted by Gasteiger charge is 2.16. The summed E-state index contributed by atoms with van der Waals surface area (Å²) in [5, 5.41) is 7.84. The van der Waals surface area contributed by atoms with Crippen LogP contribution in [0.2, 0.25) is 0 Å². The Labute approximate surface area is 139 Å². The number of nitrogens with one attached hydrogen (secondary N) is 1. The summed E-state index contributed by atoms with van der Waals surface area (Å²) in [5.41, 5.74) is 3.19. The van der Waals surface area contributed by atoms with Gasteiger partial charge in [0.1, 0.15) is 0 Å². The first-order valence-corrected chi connectivity index (χ1v) is 9.66. The largest absolute Gasteiger partial charge is 0.351 e. The molecule has 0 spiro atoms. The summed E-state index contributed by atoms with van der Waals surface area (Å²) in [6, 6.07) is 6.07. The molecule has 0 radical (unpaired) electrons. The summed E-state index contributed by atoms with van der Waals surface area (Å²) in [5.74, 6) is 0.707. The van der Waals surface area contributed by atoms with Gasteiger partial charge in [-0.25, -0.2) is 0 Å². The van der Waals surface area contributed by atoms with Crippen LogP contribution in [-0.4, -0.2) is 21.9 Å². The molecule has 3 rings (SSSR count). The molecule has 0 unspecified atom stereocenters. The van der Waals surface area contributed by atoms with E-state index < -0.39 is 0 Å². The van der Waals surface area contributed by atoms with Crippen LogP contribution < -0.4 is 5.32 Å². The molecule has 1 saturated carbocycles. The summed E-state index contributed by atoms with van der Waals surface area (Å²) >= 11 is 3.47. The third-order valence-corrected chi connectivity index (χ3v) is 5.94. The fourth-order valence-electron chi connectivity index (χ4n) is 2.65. The van der Waals surface area contributed by atoms with Gasteiger partial charge in [-0.2, -0.15) is 11.3 Å². The van der Waals surface area contributed by atoms with Gasteiger partial charge in [0.05, 0.1) is 11.4 Å². The quantitative estimate of drug-likeness (QED) is 0.866. The Bertz CT molecular complexity index is 607. The van der Waals surface area contributed by atoms with E-state index in [0.29, 0.717) is 17.5 Å². The Morgan fingerprint density at radius 1 is 1.36 bits per heavy atom. The lowest BCUT2D eigenvalue weighted by Crippen LogP contribution is -2.25. The van der Waals surface area contributed by atoms with Gasteiger partial charge < -0.3 is 5.32 Å². The molecule has 2 aromatic rings. The number of hydrogen-bond acceptors (Lipinski definition) is 4. The molecule has 0 aliphatic heterocycles. The Morgan fingerprint density at radius 2 is 2.23 bits per heavy atom. The predicted molar refractivity (Wildman–Crippen MR) is 94.1 cm³/mol. The summed E-state index contributed by atoms with van der Waals surface area (Å²) < 4.78 is 0. The number of rotatable bonds is 6. The minimum atomic E-state index is 0.130. The van der Waals surface area contributed by atoms with Crippen molar-refractivity contribution in [2.24, 2.45) is 0 Å². The zero-order chi connectivity index (χ0) is 15.2. The van der Waals surface area contributed by atoms with Crippen LogP contribution >= 0.6 is 23.1 Å². The second-order valence-electron chi connectivity index (χ2n) is 5.56. The van der Waals surface area contributed by atoms with Crippen LogP contribution in [0.3, 0.4) is 0 Å². The fraction of sp³-hybridized carbons (Fsp3) is 0.412. The summed E-state index contributed by atoms with van der Waals surface area (Å²) in [6.07, 6.45) is 6.99. The highest BCUT2D eigenvalue weighted by atomic mass is 32.2. The number of nitrogens with zero attached hydrogens (tertiary/aromatic N) is 1. The van der Waals surface area contributed by atoms with Crippen molar-refractivity contribution in [1.29, 1.82) is 0 Å². The minimum absolute atomic E-state index is 0.130. The molecule has 1 amide bonds. The number of hydrogen-bond donors (Lipinski definition) is 1. The standard InChI is InChI=1S/C17H20N2OS2/c20-17(12-22-15-3-1-2-4-15)19-10-13-5-7-18-16(9-13)14-6-8-21-11-14/h5-9,11,15H,1-4,10,12H2,(H,19,20). The lowest BCUT2D eigenvalue weighted by Gasteiger charge is -2.09. The van der Waals surface area contributed by atoms with Crippen LogP contribution in [0.1, 0.15) is 31.2 Å². The summed E-state index contributed by atoms with van der Waals surface area (Å²) in [7, 11) is 0. The van der Waals surface area contributed by atoms with E-state index in [1.165, 1.54) is 25.7 Å². The molecule has 0 atom stereocenters. The van der Waals surface area contributed by atoms with Crippen molar-refractivity contribution in [3.05, 3.63) is 40.7 Å². The molecule has 1 fully saturated rings. The number of thioether (sulfide) groups is 1. The molecular formula is C17H20N2OS2. The second-order valence-corrected chi connectivity index (χ2v) is 7.62. The van der Waals surface area contributed by atoms with Crippen molar-refractivity contribution in [1.82, 2.24) is 10.3 Å². The van der Waals surface area contributed by atoms with E-state index in [1.807, 2.05) is 23.7 Å². The van der Waals surface area contributed by atoms with Gasteiger partial charge in [0.2, 0.25) is 5.91 Å². The second kappa shape index (κ2) is 7.79. The Balaban J connectivity index is 1.48. The monoisotopic (exact) mass is 332 g/mol. The zero-order valence-corrected chi connectivity index (χ0v) is 14.1. The molecule has 1 N–H and O–H groups in total. The van der Waals surface area contributed by atoms with Gasteiger partial charge in [0, 0.05) is 28.9 Å². The molecule has 0 saturated heterocycles. The molecule has 1 aliphatic rings. The average molecular weight is 332 g/mol. The van der Waals surface area contributed by atoms with Crippen LogP contribution in [-0.2, 0) is 11.3 Å². The topological polar surface area (TPSA) is 42.0 Å². The van der Waals surface area contributed by atoms with Crippen LogP contribution in [0, 0.1) is 0 Å². The SMILES string of the molecule is O=C(CSC1CCCC1)NCc1ccnc(-c2ccsc2)c1. The number of thiophene rings is 1. The van der Waals surface area contributed by atoms with Gasteiger partial charge in [-0.1, -0.05) is 12.8 Å². The van der Waals surface area contributed by atoms with Crippen LogP contribution in [0.25, 0.3) is 11.3 Å². The van der Waals surface area contributed by atoms with Crippen molar-refractivity contribution in [3.63, 3.8) is 0 Å². The van der Waals surface area contributed by atoms with Crippen molar-refractivity contribution in [3.8, 4) is 11.3 Å². The maximum absolute atomic E-state index is 11.9. The van der Waals surface area contributed by atoms with E-state index in [-0.39, 0.29) is 5.91 Å². The fourth-order valence-corrected chi connectivity index (χ4v) is 4.46. The number of aromatic nitrogens is 1. The van der Waals surface area contributed by atoms with Crippen LogP contribution in [0.15, 0.2) is 35.2 Å². The third-order valence-electron chi connectivity index (χ3n) is 3.88. The molecule has 2 aromatic heterocycles. The van der Waals surface area contributed by atoms with Crippen molar-refractivity contribution < 1.29 is 4.79 Å². The van der Waals surface area contributed by atoms with Crippen LogP contribution in [0.5, 0.6) is 0 Å². The zero-order valence-electron chi connectivity index (χ0n) is 12.5. The third kappa shape index (κ3) is 4.34. The minimum Gasteiger partial charge on any atom is -0.351 e. The highest BCUT2D eigenvalue weighted by molar-refractivity contribution is 8.00. The molecule has 2 heterocycles. The van der Waals surface area contributed by atoms with Gasteiger partial charge in [-0.3, -0.25) is 9.78 Å². The molecule has 0 aromatic carbocycles. The molecule has 116 valence electrons. The molecular weight excluding hydrogens is 312 g/mol. The van der Waals surface area contributed by atoms with Crippen molar-refractivity contribution in [2.45, 2.75) is 37.5 Å². The molecule has 0 bridgehead atoms. The normalized spacial score (nSPS) is 15.1. The van der Waals surface area contributed by atoms with E-state index >= 15 is 0 Å². The van der Waals surface area contributed by atoms with E-state index in [9.17, 15) is 4.79 Å². The Hall–Kier alpha value is -1.33. The lowest BCUT2D eigenvalue weighted by molar-refractivity contribution is -0.118. The van der Waals surface area contributed by atoms with Gasteiger partial charge in [0.15, 0.2) is 0 Å². The van der Waals surface area contributed by atoms with Crippen molar-refractivity contribution >= 4 is 29.0 Å². The molecule has 22 heavy (non-hydrogen) atoms. The lowest BCUT2D eigenvalue weighted by atomic mass is 10.1. The predicted octanol–water partition coefficient (Wildman–Crippen LogP) is 4.10. The van der Waals surface area contributed by atoms with E-state index in [1.54, 1.807) is 23.1 Å². The first-order valence-electron chi connectivity index (χ1n) is 7.67. The Kier molecular flexibility index (Phi) is 5.51. The molecule has 5 heteroatoms. The highest BCUT2D eigenvalue weighted by Crippen LogP contribution is 2.29. The number of carbonyl (C=O) groups is 1. The molecule has 1 aliphatic carbocycles. The summed E-state index contributed by atoms with van der Waals surface area (Å²) in [4.78, 5) is 16.3. The van der Waals surface area contributed by atoms with E-state index in [4.69, 9.17) is 0 Å². The maximum Gasteiger partial charge on any atom is 0.230 e. The van der Waals surface area contributed by atoms with Gasteiger partial charge in [0.25, 0.3) is 0 Å². The van der Waals surface area contributed by atoms with Crippen molar-refractivity contribution in [2.75, 3.05) is 5.75 Å².